The number of thiazole rings is 1. The van der Waals surface area contributed by atoms with Crippen LogP contribution in [0, 0.1) is 24.7 Å². The van der Waals surface area contributed by atoms with Crippen LogP contribution in [0.5, 0.6) is 0 Å². The summed E-state index contributed by atoms with van der Waals surface area (Å²) in [6, 6.07) is 0. The molecule has 1 heterocycles. The number of nitrogens with zero attached hydrogens (tertiary/aromatic N) is 1. The summed E-state index contributed by atoms with van der Waals surface area (Å²) in [6.45, 7) is 9.09. The number of hydrogen-bond acceptors (Lipinski definition) is 4. The van der Waals surface area contributed by atoms with Crippen LogP contribution in [-0.4, -0.2) is 23.8 Å². The van der Waals surface area contributed by atoms with Crippen molar-refractivity contribution in [2.45, 2.75) is 66.0 Å². The van der Waals surface area contributed by atoms with Gasteiger partial charge in [-0.15, -0.1) is 0 Å². The summed E-state index contributed by atoms with van der Waals surface area (Å²) in [5.41, 5.74) is 3.00. The van der Waals surface area contributed by atoms with Gasteiger partial charge in [-0.05, 0) is 30.6 Å². The molecule has 130 valence electrons. The minimum atomic E-state index is -0.142. The highest BCUT2D eigenvalue weighted by atomic mass is 32.1. The van der Waals surface area contributed by atoms with E-state index in [1.54, 1.807) is 11.3 Å². The zero-order chi connectivity index (χ0) is 17.0. The van der Waals surface area contributed by atoms with E-state index >= 15 is 0 Å². The molecule has 0 spiro atoms. The molecule has 0 bridgehead atoms. The first-order chi connectivity index (χ1) is 10.9. The molecule has 0 unspecified atom stereocenters. The Bertz CT molecular complexity index is 526. The predicted molar refractivity (Wildman–Crippen MR) is 91.3 cm³/mol. The van der Waals surface area contributed by atoms with Gasteiger partial charge in [-0.2, -0.15) is 4.57 Å². The summed E-state index contributed by atoms with van der Waals surface area (Å²) < 4.78 is 7.80. The Kier molecular flexibility index (Phi) is 6.60. The molecule has 1 aromatic rings. The maximum atomic E-state index is 12.4. The molecule has 1 saturated carbocycles. The van der Waals surface area contributed by atoms with E-state index in [1.165, 1.54) is 6.42 Å². The molecule has 0 radical (unpaired) electrons. The van der Waals surface area contributed by atoms with Crippen LogP contribution in [0.15, 0.2) is 5.51 Å². The van der Waals surface area contributed by atoms with E-state index < -0.39 is 0 Å². The van der Waals surface area contributed by atoms with Gasteiger partial charge in [0.2, 0.25) is 12.1 Å². The van der Waals surface area contributed by atoms with Gasteiger partial charge in [0, 0.05) is 20.0 Å². The van der Waals surface area contributed by atoms with E-state index in [0.717, 1.165) is 23.4 Å². The van der Waals surface area contributed by atoms with Crippen LogP contribution in [0.3, 0.4) is 0 Å². The lowest BCUT2D eigenvalue weighted by atomic mass is 9.75. The van der Waals surface area contributed by atoms with Crippen molar-refractivity contribution in [2.75, 3.05) is 6.61 Å². The number of esters is 1. The number of aliphatic hydroxyl groups excluding tert-OH is 1. The Morgan fingerprint density at radius 3 is 2.87 bits per heavy atom. The summed E-state index contributed by atoms with van der Waals surface area (Å²) >= 11 is 1.59. The number of hydrogen-bond donors (Lipinski definition) is 1. The van der Waals surface area contributed by atoms with Crippen LogP contribution >= 0.6 is 11.3 Å². The molecule has 2 rings (SSSR count). The number of carbonyl (C=O) groups is 1. The fourth-order valence-electron chi connectivity index (χ4n) is 3.54. The molecule has 1 N–H and O–H groups in total. The Balaban J connectivity index is 1.97. The van der Waals surface area contributed by atoms with Crippen LogP contribution < -0.4 is 4.57 Å². The van der Waals surface area contributed by atoms with Gasteiger partial charge in [-0.25, -0.2) is 4.79 Å². The van der Waals surface area contributed by atoms with E-state index in [-0.39, 0.29) is 25.2 Å². The lowest BCUT2D eigenvalue weighted by Gasteiger charge is -2.36. The van der Waals surface area contributed by atoms with Crippen LogP contribution in [0.1, 0.15) is 50.6 Å². The molecule has 0 saturated heterocycles. The van der Waals surface area contributed by atoms with Gasteiger partial charge in [0.25, 0.3) is 0 Å². The molecular formula is C18H30NO3S+. The number of ether oxygens (including phenoxy) is 1. The molecule has 0 amide bonds. The minimum Gasteiger partial charge on any atom is -0.457 e. The highest BCUT2D eigenvalue weighted by Gasteiger charge is 2.34. The van der Waals surface area contributed by atoms with E-state index in [1.807, 2.05) is 17.0 Å². The molecule has 1 aliphatic carbocycles. The SMILES string of the molecule is Cc1c(CCO)sc[n+]1CC(=O)O[C@@H]1C[C@@H](C)CC[C@H]1C(C)C. The number of aromatic nitrogens is 1. The second-order valence-electron chi connectivity index (χ2n) is 7.19. The van der Waals surface area contributed by atoms with E-state index in [4.69, 9.17) is 9.84 Å². The summed E-state index contributed by atoms with van der Waals surface area (Å²) in [6.07, 6.45) is 4.08. The van der Waals surface area contributed by atoms with Gasteiger partial charge < -0.3 is 9.84 Å². The monoisotopic (exact) mass is 340 g/mol. The number of aliphatic hydroxyl groups is 1. The van der Waals surface area contributed by atoms with Gasteiger partial charge in [0.05, 0.1) is 4.88 Å². The lowest BCUT2D eigenvalue weighted by molar-refractivity contribution is -0.687. The van der Waals surface area contributed by atoms with Crippen molar-refractivity contribution in [1.29, 1.82) is 0 Å². The number of rotatable bonds is 6. The van der Waals surface area contributed by atoms with Crippen LogP contribution in [0.25, 0.3) is 0 Å². The Labute approximate surface area is 143 Å². The number of carbonyl (C=O) groups excluding carboxylic acids is 1. The summed E-state index contributed by atoms with van der Waals surface area (Å²) in [5, 5.41) is 9.06. The molecule has 1 fully saturated rings. The average molecular weight is 341 g/mol. The van der Waals surface area contributed by atoms with Crippen molar-refractivity contribution in [2.24, 2.45) is 17.8 Å². The third-order valence-corrected chi connectivity index (χ3v) is 6.18. The standard InChI is InChI=1S/C18H30NO3S/c1-12(2)15-6-5-13(3)9-16(15)22-18(21)10-19-11-23-17(7-8-20)14(19)4/h11-13,15-16,20H,5-10H2,1-4H3/q+1/t13-,15-,16+/m0/s1. The molecule has 3 atom stereocenters. The Hall–Kier alpha value is -0.940. The van der Waals surface area contributed by atoms with Gasteiger partial charge in [0.1, 0.15) is 6.10 Å². The maximum Gasteiger partial charge on any atom is 0.373 e. The molecule has 0 aliphatic heterocycles. The first-order valence-electron chi connectivity index (χ1n) is 8.69. The Morgan fingerprint density at radius 1 is 1.48 bits per heavy atom. The van der Waals surface area contributed by atoms with Crippen LogP contribution in [-0.2, 0) is 22.5 Å². The summed E-state index contributed by atoms with van der Waals surface area (Å²) in [7, 11) is 0. The highest BCUT2D eigenvalue weighted by molar-refractivity contribution is 7.09. The first-order valence-corrected chi connectivity index (χ1v) is 9.57. The molecule has 0 aromatic carbocycles. The van der Waals surface area contributed by atoms with Crippen LogP contribution in [0.4, 0.5) is 0 Å². The van der Waals surface area contributed by atoms with Gasteiger partial charge in [-0.1, -0.05) is 38.5 Å². The molecule has 5 heteroatoms. The average Bonchev–Trinajstić information content (AvgIpc) is 2.80. The molecule has 1 aliphatic rings. The highest BCUT2D eigenvalue weighted by Crippen LogP contribution is 2.35. The van der Waals surface area contributed by atoms with Gasteiger partial charge in [0.15, 0.2) is 5.69 Å². The van der Waals surface area contributed by atoms with E-state index in [9.17, 15) is 4.79 Å². The molecule has 4 nitrogen and oxygen atoms in total. The quantitative estimate of drug-likeness (QED) is 0.640. The van der Waals surface area contributed by atoms with Crippen molar-refractivity contribution >= 4 is 17.3 Å². The van der Waals surface area contributed by atoms with Crippen LogP contribution in [0.2, 0.25) is 0 Å². The second kappa shape index (κ2) is 8.25. The van der Waals surface area contributed by atoms with Crippen molar-refractivity contribution < 1.29 is 19.2 Å². The fourth-order valence-corrected chi connectivity index (χ4v) is 4.53. The summed E-state index contributed by atoms with van der Waals surface area (Å²) in [5.74, 6) is 1.52. The normalized spacial score (nSPS) is 24.9. The zero-order valence-corrected chi connectivity index (χ0v) is 15.6. The zero-order valence-electron chi connectivity index (χ0n) is 14.7. The van der Waals surface area contributed by atoms with Gasteiger partial charge in [-0.3, -0.25) is 0 Å². The first kappa shape index (κ1) is 18.4. The third kappa shape index (κ3) is 4.77. The molecular weight excluding hydrogens is 310 g/mol. The maximum absolute atomic E-state index is 12.4. The third-order valence-electron chi connectivity index (χ3n) is 5.04. The smallest absolute Gasteiger partial charge is 0.373 e. The minimum absolute atomic E-state index is 0.0581. The topological polar surface area (TPSA) is 50.4 Å². The van der Waals surface area contributed by atoms with Crippen molar-refractivity contribution in [3.05, 3.63) is 16.1 Å². The molecule has 1 aromatic heterocycles. The fraction of sp³-hybridized carbons (Fsp3) is 0.778. The predicted octanol–water partition coefficient (Wildman–Crippen LogP) is 2.88. The van der Waals surface area contributed by atoms with Crippen molar-refractivity contribution in [3.63, 3.8) is 0 Å². The second-order valence-corrected chi connectivity index (χ2v) is 8.13. The van der Waals surface area contributed by atoms with E-state index in [2.05, 4.69) is 20.8 Å². The lowest BCUT2D eigenvalue weighted by Crippen LogP contribution is -2.43. The Morgan fingerprint density at radius 2 is 2.22 bits per heavy atom. The van der Waals surface area contributed by atoms with Crippen molar-refractivity contribution in [1.82, 2.24) is 0 Å². The van der Waals surface area contributed by atoms with E-state index in [0.29, 0.717) is 24.2 Å². The van der Waals surface area contributed by atoms with Crippen molar-refractivity contribution in [3.8, 4) is 0 Å². The summed E-state index contributed by atoms with van der Waals surface area (Å²) in [4.78, 5) is 13.5. The van der Waals surface area contributed by atoms with Gasteiger partial charge >= 0.3 is 5.97 Å². The molecule has 23 heavy (non-hydrogen) atoms. The largest absolute Gasteiger partial charge is 0.457 e.